The Morgan fingerprint density at radius 2 is 1.88 bits per heavy atom. The zero-order valence-corrected chi connectivity index (χ0v) is 11.1. The lowest BCUT2D eigenvalue weighted by Gasteiger charge is -2.25. The minimum Gasteiger partial charge on any atom is -0.496 e. The molecule has 3 heteroatoms. The summed E-state index contributed by atoms with van der Waals surface area (Å²) in [5.74, 6) is 1.28. The lowest BCUT2D eigenvalue weighted by Crippen LogP contribution is -2.38. The zero-order chi connectivity index (χ0) is 12.8. The third-order valence-electron chi connectivity index (χ3n) is 3.07. The molecular formula is C14H23NO2. The van der Waals surface area contributed by atoms with Gasteiger partial charge in [0.1, 0.15) is 5.75 Å². The van der Waals surface area contributed by atoms with E-state index in [1.807, 2.05) is 24.3 Å². The van der Waals surface area contributed by atoms with Crippen LogP contribution in [0.15, 0.2) is 24.3 Å². The number of aliphatic hydroxyl groups is 1. The third kappa shape index (κ3) is 3.72. The van der Waals surface area contributed by atoms with Crippen molar-refractivity contribution in [2.45, 2.75) is 32.9 Å². The van der Waals surface area contributed by atoms with Crippen LogP contribution in [0.25, 0.3) is 0 Å². The van der Waals surface area contributed by atoms with Crippen LogP contribution < -0.4 is 10.1 Å². The van der Waals surface area contributed by atoms with E-state index in [-0.39, 0.29) is 18.7 Å². The summed E-state index contributed by atoms with van der Waals surface area (Å²) < 4.78 is 5.34. The highest BCUT2D eigenvalue weighted by Gasteiger charge is 2.17. The summed E-state index contributed by atoms with van der Waals surface area (Å²) in [6, 6.07) is 8.23. The molecule has 2 atom stereocenters. The molecule has 3 nitrogen and oxygen atoms in total. The summed E-state index contributed by atoms with van der Waals surface area (Å²) in [5.41, 5.74) is 1.12. The summed E-state index contributed by atoms with van der Waals surface area (Å²) in [6.45, 7) is 6.44. The van der Waals surface area contributed by atoms with Crippen LogP contribution in [0.1, 0.15) is 32.4 Å². The van der Waals surface area contributed by atoms with Crippen molar-refractivity contribution < 1.29 is 9.84 Å². The van der Waals surface area contributed by atoms with Crippen LogP contribution in [0.3, 0.4) is 0 Å². The van der Waals surface area contributed by atoms with Crippen molar-refractivity contribution in [1.82, 2.24) is 5.32 Å². The fourth-order valence-corrected chi connectivity index (χ4v) is 1.89. The Morgan fingerprint density at radius 3 is 2.41 bits per heavy atom. The molecule has 0 heterocycles. The van der Waals surface area contributed by atoms with E-state index in [9.17, 15) is 5.11 Å². The van der Waals surface area contributed by atoms with E-state index in [1.165, 1.54) is 0 Å². The Labute approximate surface area is 104 Å². The maximum Gasteiger partial charge on any atom is 0.123 e. The predicted octanol–water partition coefficient (Wildman–Crippen LogP) is 2.36. The standard InChI is InChI=1S/C14H23NO2/c1-10(2)13(9-16)15-11(3)12-7-5-6-8-14(12)17-4/h5-8,10-11,13,15-16H,9H2,1-4H3. The number of aliphatic hydroxyl groups excluding tert-OH is 1. The van der Waals surface area contributed by atoms with Crippen molar-refractivity contribution in [2.75, 3.05) is 13.7 Å². The second-order valence-corrected chi connectivity index (χ2v) is 4.66. The van der Waals surface area contributed by atoms with Gasteiger partial charge in [0, 0.05) is 17.6 Å². The predicted molar refractivity (Wildman–Crippen MR) is 70.3 cm³/mol. The van der Waals surface area contributed by atoms with E-state index >= 15 is 0 Å². The molecule has 1 aromatic rings. The third-order valence-corrected chi connectivity index (χ3v) is 3.07. The first-order chi connectivity index (χ1) is 8.10. The molecule has 17 heavy (non-hydrogen) atoms. The lowest BCUT2D eigenvalue weighted by atomic mass is 10.0. The summed E-state index contributed by atoms with van der Waals surface area (Å²) in [6.07, 6.45) is 0. The van der Waals surface area contributed by atoms with Gasteiger partial charge in [0.25, 0.3) is 0 Å². The van der Waals surface area contributed by atoms with E-state index in [2.05, 4.69) is 26.1 Å². The minimum atomic E-state index is 0.106. The largest absolute Gasteiger partial charge is 0.496 e. The van der Waals surface area contributed by atoms with Gasteiger partial charge in [0.2, 0.25) is 0 Å². The quantitative estimate of drug-likeness (QED) is 0.798. The topological polar surface area (TPSA) is 41.5 Å². The SMILES string of the molecule is COc1ccccc1C(C)NC(CO)C(C)C. The fraction of sp³-hybridized carbons (Fsp3) is 0.571. The molecule has 96 valence electrons. The molecule has 0 aliphatic carbocycles. The summed E-state index contributed by atoms with van der Waals surface area (Å²) in [5, 5.41) is 12.8. The Morgan fingerprint density at radius 1 is 1.24 bits per heavy atom. The van der Waals surface area contributed by atoms with Gasteiger partial charge < -0.3 is 15.2 Å². The first kappa shape index (κ1) is 14.0. The highest BCUT2D eigenvalue weighted by atomic mass is 16.5. The Hall–Kier alpha value is -1.06. The van der Waals surface area contributed by atoms with Crippen molar-refractivity contribution in [3.63, 3.8) is 0 Å². The first-order valence-corrected chi connectivity index (χ1v) is 6.10. The molecule has 0 aliphatic heterocycles. The molecule has 0 bridgehead atoms. The molecule has 0 aromatic heterocycles. The molecule has 0 amide bonds. The van der Waals surface area contributed by atoms with Gasteiger partial charge in [-0.3, -0.25) is 0 Å². The Balaban J connectivity index is 2.78. The summed E-state index contributed by atoms with van der Waals surface area (Å²) in [7, 11) is 1.68. The number of hydrogen-bond donors (Lipinski definition) is 2. The number of para-hydroxylation sites is 1. The van der Waals surface area contributed by atoms with E-state index < -0.39 is 0 Å². The molecule has 1 aromatic carbocycles. The summed E-state index contributed by atoms with van der Waals surface area (Å²) >= 11 is 0. The maximum absolute atomic E-state index is 9.32. The van der Waals surface area contributed by atoms with Crippen LogP contribution in [0.4, 0.5) is 0 Å². The van der Waals surface area contributed by atoms with Crippen LogP contribution in [-0.2, 0) is 0 Å². The van der Waals surface area contributed by atoms with Crippen LogP contribution >= 0.6 is 0 Å². The molecule has 0 spiro atoms. The number of hydrogen-bond acceptors (Lipinski definition) is 3. The van der Waals surface area contributed by atoms with E-state index in [0.717, 1.165) is 11.3 Å². The van der Waals surface area contributed by atoms with E-state index in [4.69, 9.17) is 4.74 Å². The average molecular weight is 237 g/mol. The van der Waals surface area contributed by atoms with Gasteiger partial charge >= 0.3 is 0 Å². The monoisotopic (exact) mass is 237 g/mol. The molecule has 2 N–H and O–H groups in total. The van der Waals surface area contributed by atoms with Gasteiger partial charge in [-0.2, -0.15) is 0 Å². The highest BCUT2D eigenvalue weighted by molar-refractivity contribution is 5.35. The molecule has 0 aliphatic rings. The number of rotatable bonds is 6. The van der Waals surface area contributed by atoms with Gasteiger partial charge in [-0.05, 0) is 18.9 Å². The van der Waals surface area contributed by atoms with Gasteiger partial charge in [-0.1, -0.05) is 32.0 Å². The highest BCUT2D eigenvalue weighted by Crippen LogP contribution is 2.25. The maximum atomic E-state index is 9.32. The van der Waals surface area contributed by atoms with Crippen molar-refractivity contribution >= 4 is 0 Å². The molecule has 0 radical (unpaired) electrons. The van der Waals surface area contributed by atoms with Gasteiger partial charge in [0.15, 0.2) is 0 Å². The zero-order valence-electron chi connectivity index (χ0n) is 11.1. The molecule has 1 rings (SSSR count). The summed E-state index contributed by atoms with van der Waals surface area (Å²) in [4.78, 5) is 0. The molecule has 2 unspecified atom stereocenters. The number of benzene rings is 1. The lowest BCUT2D eigenvalue weighted by molar-refractivity contribution is 0.201. The number of nitrogens with one attached hydrogen (secondary N) is 1. The van der Waals surface area contributed by atoms with Gasteiger partial charge in [0.05, 0.1) is 13.7 Å². The first-order valence-electron chi connectivity index (χ1n) is 6.10. The van der Waals surface area contributed by atoms with Gasteiger partial charge in [-0.25, -0.2) is 0 Å². The fourth-order valence-electron chi connectivity index (χ4n) is 1.89. The molecular weight excluding hydrogens is 214 g/mol. The van der Waals surface area contributed by atoms with Crippen LogP contribution in [-0.4, -0.2) is 24.9 Å². The Bertz CT molecular complexity index is 339. The van der Waals surface area contributed by atoms with E-state index in [1.54, 1.807) is 7.11 Å². The molecule has 0 fully saturated rings. The number of methoxy groups -OCH3 is 1. The van der Waals surface area contributed by atoms with E-state index in [0.29, 0.717) is 5.92 Å². The van der Waals surface area contributed by atoms with Crippen LogP contribution in [0, 0.1) is 5.92 Å². The Kier molecular flexibility index (Phi) is 5.45. The number of ether oxygens (including phenoxy) is 1. The van der Waals surface area contributed by atoms with Crippen molar-refractivity contribution in [2.24, 2.45) is 5.92 Å². The van der Waals surface area contributed by atoms with Crippen LogP contribution in [0.2, 0.25) is 0 Å². The van der Waals surface area contributed by atoms with Crippen LogP contribution in [0.5, 0.6) is 5.75 Å². The smallest absolute Gasteiger partial charge is 0.123 e. The minimum absolute atomic E-state index is 0.106. The van der Waals surface area contributed by atoms with Gasteiger partial charge in [-0.15, -0.1) is 0 Å². The molecule has 0 saturated carbocycles. The second-order valence-electron chi connectivity index (χ2n) is 4.66. The van der Waals surface area contributed by atoms with Crippen molar-refractivity contribution in [3.8, 4) is 5.75 Å². The molecule has 0 saturated heterocycles. The van der Waals surface area contributed by atoms with Crippen molar-refractivity contribution in [3.05, 3.63) is 29.8 Å². The average Bonchev–Trinajstić information content (AvgIpc) is 2.35. The van der Waals surface area contributed by atoms with Crippen molar-refractivity contribution in [1.29, 1.82) is 0 Å². The normalized spacial score (nSPS) is 14.7. The second kappa shape index (κ2) is 6.62.